The van der Waals surface area contributed by atoms with Crippen molar-refractivity contribution in [2.24, 2.45) is 0 Å². The van der Waals surface area contributed by atoms with Gasteiger partial charge in [-0.05, 0) is 44.1 Å². The SMILES string of the molecule is CNCCC=Cc1ccc(C)c(Br)c1. The Kier molecular flexibility index (Phi) is 4.91. The molecule has 0 heterocycles. The number of benzene rings is 1. The third kappa shape index (κ3) is 3.64. The number of halogens is 1. The van der Waals surface area contributed by atoms with Gasteiger partial charge in [-0.1, -0.05) is 40.2 Å². The Balaban J connectivity index is 2.59. The van der Waals surface area contributed by atoms with E-state index in [2.05, 4.69) is 58.5 Å². The lowest BCUT2D eigenvalue weighted by Crippen LogP contribution is -2.05. The van der Waals surface area contributed by atoms with Gasteiger partial charge in [-0.2, -0.15) is 0 Å². The predicted molar refractivity (Wildman–Crippen MR) is 66.5 cm³/mol. The van der Waals surface area contributed by atoms with E-state index in [4.69, 9.17) is 0 Å². The Morgan fingerprint density at radius 1 is 1.43 bits per heavy atom. The average Bonchev–Trinajstić information content (AvgIpc) is 2.18. The second-order valence-electron chi connectivity index (χ2n) is 3.30. The molecule has 0 aromatic heterocycles. The molecule has 0 spiro atoms. The van der Waals surface area contributed by atoms with Crippen LogP contribution in [0.25, 0.3) is 6.08 Å². The van der Waals surface area contributed by atoms with E-state index >= 15 is 0 Å². The summed E-state index contributed by atoms with van der Waals surface area (Å²) in [6.45, 7) is 3.13. The van der Waals surface area contributed by atoms with Crippen molar-refractivity contribution in [1.82, 2.24) is 5.32 Å². The number of nitrogens with one attached hydrogen (secondary N) is 1. The Labute approximate surface area is 94.3 Å². The molecular formula is C12H16BrN. The number of hydrogen-bond donors (Lipinski definition) is 1. The van der Waals surface area contributed by atoms with Gasteiger partial charge in [0.2, 0.25) is 0 Å². The zero-order valence-corrected chi connectivity index (χ0v) is 10.3. The molecule has 0 atom stereocenters. The van der Waals surface area contributed by atoms with Crippen molar-refractivity contribution in [3.05, 3.63) is 39.9 Å². The molecule has 0 saturated carbocycles. The molecule has 0 unspecified atom stereocenters. The van der Waals surface area contributed by atoms with Crippen LogP contribution in [0.1, 0.15) is 17.5 Å². The molecule has 76 valence electrons. The fourth-order valence-corrected chi connectivity index (χ4v) is 1.56. The minimum atomic E-state index is 1.03. The second kappa shape index (κ2) is 5.99. The van der Waals surface area contributed by atoms with Crippen molar-refractivity contribution in [3.63, 3.8) is 0 Å². The quantitative estimate of drug-likeness (QED) is 0.812. The molecule has 14 heavy (non-hydrogen) atoms. The first-order valence-corrected chi connectivity index (χ1v) is 5.60. The zero-order valence-electron chi connectivity index (χ0n) is 8.68. The van der Waals surface area contributed by atoms with Crippen LogP contribution in [-0.4, -0.2) is 13.6 Å². The van der Waals surface area contributed by atoms with Gasteiger partial charge < -0.3 is 5.32 Å². The van der Waals surface area contributed by atoms with E-state index < -0.39 is 0 Å². The van der Waals surface area contributed by atoms with Gasteiger partial charge in [-0.3, -0.25) is 0 Å². The summed E-state index contributed by atoms with van der Waals surface area (Å²) < 4.78 is 1.17. The summed E-state index contributed by atoms with van der Waals surface area (Å²) in [5.74, 6) is 0. The highest BCUT2D eigenvalue weighted by molar-refractivity contribution is 9.10. The first kappa shape index (κ1) is 11.5. The number of aryl methyl sites for hydroxylation is 1. The summed E-state index contributed by atoms with van der Waals surface area (Å²) in [4.78, 5) is 0. The van der Waals surface area contributed by atoms with Gasteiger partial charge in [-0.15, -0.1) is 0 Å². The molecule has 1 aromatic carbocycles. The van der Waals surface area contributed by atoms with Crippen LogP contribution in [0.2, 0.25) is 0 Å². The van der Waals surface area contributed by atoms with Crippen LogP contribution in [0.4, 0.5) is 0 Å². The van der Waals surface area contributed by atoms with Crippen LogP contribution in [-0.2, 0) is 0 Å². The van der Waals surface area contributed by atoms with E-state index in [0.29, 0.717) is 0 Å². The lowest BCUT2D eigenvalue weighted by Gasteiger charge is -1.99. The molecule has 0 bridgehead atoms. The molecule has 2 heteroatoms. The lowest BCUT2D eigenvalue weighted by atomic mass is 10.1. The second-order valence-corrected chi connectivity index (χ2v) is 4.16. The number of hydrogen-bond acceptors (Lipinski definition) is 1. The van der Waals surface area contributed by atoms with E-state index in [0.717, 1.165) is 13.0 Å². The van der Waals surface area contributed by atoms with Crippen molar-refractivity contribution < 1.29 is 0 Å². The van der Waals surface area contributed by atoms with Crippen molar-refractivity contribution in [2.75, 3.05) is 13.6 Å². The van der Waals surface area contributed by atoms with Gasteiger partial charge in [0.25, 0.3) is 0 Å². The molecular weight excluding hydrogens is 238 g/mol. The van der Waals surface area contributed by atoms with Crippen LogP contribution >= 0.6 is 15.9 Å². The molecule has 1 N–H and O–H groups in total. The molecule has 0 aliphatic heterocycles. The topological polar surface area (TPSA) is 12.0 Å². The summed E-state index contributed by atoms with van der Waals surface area (Å²) in [6.07, 6.45) is 5.41. The Bertz CT molecular complexity index is 318. The van der Waals surface area contributed by atoms with Gasteiger partial charge in [-0.25, -0.2) is 0 Å². The summed E-state index contributed by atoms with van der Waals surface area (Å²) in [6, 6.07) is 6.41. The highest BCUT2D eigenvalue weighted by Crippen LogP contribution is 2.18. The minimum Gasteiger partial charge on any atom is -0.319 e. The normalized spacial score (nSPS) is 11.1. The van der Waals surface area contributed by atoms with Gasteiger partial charge in [0.1, 0.15) is 0 Å². The predicted octanol–water partition coefficient (Wildman–Crippen LogP) is 3.38. The first-order chi connectivity index (χ1) is 6.74. The summed E-state index contributed by atoms with van der Waals surface area (Å²) in [7, 11) is 1.97. The molecule has 1 aromatic rings. The first-order valence-electron chi connectivity index (χ1n) is 4.81. The average molecular weight is 254 g/mol. The Morgan fingerprint density at radius 3 is 2.86 bits per heavy atom. The molecule has 0 aliphatic rings. The van der Waals surface area contributed by atoms with Gasteiger partial charge in [0.05, 0.1) is 0 Å². The van der Waals surface area contributed by atoms with Crippen LogP contribution < -0.4 is 5.32 Å². The fourth-order valence-electron chi connectivity index (χ4n) is 1.16. The Morgan fingerprint density at radius 2 is 2.21 bits per heavy atom. The van der Waals surface area contributed by atoms with E-state index in [9.17, 15) is 0 Å². The van der Waals surface area contributed by atoms with E-state index in [1.807, 2.05) is 7.05 Å². The van der Waals surface area contributed by atoms with Crippen molar-refractivity contribution in [3.8, 4) is 0 Å². The van der Waals surface area contributed by atoms with Crippen LogP contribution in [0.15, 0.2) is 28.7 Å². The van der Waals surface area contributed by atoms with Crippen LogP contribution in [0.5, 0.6) is 0 Å². The van der Waals surface area contributed by atoms with E-state index in [1.54, 1.807) is 0 Å². The molecule has 1 nitrogen and oxygen atoms in total. The summed E-state index contributed by atoms with van der Waals surface area (Å²) >= 11 is 3.52. The third-order valence-corrected chi connectivity index (χ3v) is 2.92. The molecule has 0 radical (unpaired) electrons. The monoisotopic (exact) mass is 253 g/mol. The molecule has 1 rings (SSSR count). The molecule has 0 amide bonds. The molecule has 0 fully saturated rings. The fraction of sp³-hybridized carbons (Fsp3) is 0.333. The highest BCUT2D eigenvalue weighted by atomic mass is 79.9. The Hall–Kier alpha value is -0.600. The molecule has 0 aliphatic carbocycles. The van der Waals surface area contributed by atoms with Crippen molar-refractivity contribution >= 4 is 22.0 Å². The maximum atomic E-state index is 3.52. The number of rotatable bonds is 4. The van der Waals surface area contributed by atoms with Gasteiger partial charge >= 0.3 is 0 Å². The zero-order chi connectivity index (χ0) is 10.4. The third-order valence-electron chi connectivity index (χ3n) is 2.07. The lowest BCUT2D eigenvalue weighted by molar-refractivity contribution is 0.809. The van der Waals surface area contributed by atoms with E-state index in [1.165, 1.54) is 15.6 Å². The van der Waals surface area contributed by atoms with Crippen LogP contribution in [0, 0.1) is 6.92 Å². The summed E-state index contributed by atoms with van der Waals surface area (Å²) in [5.41, 5.74) is 2.52. The highest BCUT2D eigenvalue weighted by Gasteiger charge is 1.93. The van der Waals surface area contributed by atoms with Gasteiger partial charge in [0.15, 0.2) is 0 Å². The van der Waals surface area contributed by atoms with Crippen molar-refractivity contribution in [2.45, 2.75) is 13.3 Å². The van der Waals surface area contributed by atoms with E-state index in [-0.39, 0.29) is 0 Å². The van der Waals surface area contributed by atoms with Gasteiger partial charge in [0, 0.05) is 4.47 Å². The summed E-state index contributed by atoms with van der Waals surface area (Å²) in [5, 5.41) is 3.11. The minimum absolute atomic E-state index is 1.03. The van der Waals surface area contributed by atoms with Crippen molar-refractivity contribution in [1.29, 1.82) is 0 Å². The largest absolute Gasteiger partial charge is 0.319 e. The smallest absolute Gasteiger partial charge is 0.0210 e. The maximum Gasteiger partial charge on any atom is 0.0210 e. The standard InChI is InChI=1S/C12H16BrN/c1-10-6-7-11(9-12(10)13)5-3-4-8-14-2/h3,5-7,9,14H,4,8H2,1-2H3. The van der Waals surface area contributed by atoms with Crippen LogP contribution in [0.3, 0.4) is 0 Å². The molecule has 0 saturated heterocycles. The maximum absolute atomic E-state index is 3.52.